The molecule has 6 nitrogen and oxygen atoms in total. The fourth-order valence-electron chi connectivity index (χ4n) is 1.44. The molecule has 0 spiro atoms. The van der Waals surface area contributed by atoms with E-state index in [1.165, 1.54) is 7.05 Å². The zero-order chi connectivity index (χ0) is 15.3. The van der Waals surface area contributed by atoms with Crippen molar-refractivity contribution >= 4 is 23.3 Å². The fourth-order valence-corrected chi connectivity index (χ4v) is 1.44. The summed E-state index contributed by atoms with van der Waals surface area (Å²) >= 11 is 0. The summed E-state index contributed by atoms with van der Waals surface area (Å²) in [5.41, 5.74) is 6.86. The number of benzene rings is 1. The van der Waals surface area contributed by atoms with Gasteiger partial charge in [0.25, 0.3) is 0 Å². The van der Waals surface area contributed by atoms with Gasteiger partial charge in [-0.2, -0.15) is 0 Å². The lowest BCUT2D eigenvalue weighted by atomic mass is 9.87. The van der Waals surface area contributed by atoms with E-state index < -0.39 is 6.04 Å². The molecule has 5 N–H and O–H groups in total. The first kappa shape index (κ1) is 16.0. The molecule has 3 amide bonds. The van der Waals surface area contributed by atoms with Crippen LogP contribution in [0.2, 0.25) is 0 Å². The molecule has 0 heterocycles. The molecule has 0 saturated carbocycles. The summed E-state index contributed by atoms with van der Waals surface area (Å²) in [6.45, 7) is 5.73. The normalized spacial score (nSPS) is 12.4. The van der Waals surface area contributed by atoms with E-state index in [0.29, 0.717) is 11.4 Å². The number of carbonyl (C=O) groups excluding carboxylic acids is 2. The Hall–Kier alpha value is -2.08. The lowest BCUT2D eigenvalue weighted by molar-refractivity contribution is -0.119. The molecule has 20 heavy (non-hydrogen) atoms. The van der Waals surface area contributed by atoms with Crippen molar-refractivity contribution in [2.24, 2.45) is 11.1 Å². The van der Waals surface area contributed by atoms with E-state index in [9.17, 15) is 9.59 Å². The Balaban J connectivity index is 2.66. The summed E-state index contributed by atoms with van der Waals surface area (Å²) in [4.78, 5) is 23.1. The smallest absolute Gasteiger partial charge is 0.318 e. The number of urea groups is 1. The topological polar surface area (TPSA) is 96.2 Å². The first-order valence-electron chi connectivity index (χ1n) is 6.39. The van der Waals surface area contributed by atoms with Crippen LogP contribution in [0, 0.1) is 5.41 Å². The summed E-state index contributed by atoms with van der Waals surface area (Å²) in [7, 11) is 1.54. The molecule has 0 aliphatic carbocycles. The van der Waals surface area contributed by atoms with Crippen LogP contribution in [0.25, 0.3) is 0 Å². The van der Waals surface area contributed by atoms with Gasteiger partial charge in [0.15, 0.2) is 0 Å². The summed E-state index contributed by atoms with van der Waals surface area (Å²) in [5.74, 6) is -0.232. The molecule has 0 aliphatic heterocycles. The second-order valence-corrected chi connectivity index (χ2v) is 5.61. The van der Waals surface area contributed by atoms with Gasteiger partial charge in [0.2, 0.25) is 5.91 Å². The second-order valence-electron chi connectivity index (χ2n) is 5.61. The van der Waals surface area contributed by atoms with E-state index in [1.807, 2.05) is 20.8 Å². The van der Waals surface area contributed by atoms with Gasteiger partial charge in [0.05, 0.1) is 6.04 Å². The average Bonchev–Trinajstić information content (AvgIpc) is 2.38. The van der Waals surface area contributed by atoms with Gasteiger partial charge in [-0.3, -0.25) is 4.79 Å². The van der Waals surface area contributed by atoms with Crippen molar-refractivity contribution in [2.75, 3.05) is 17.7 Å². The van der Waals surface area contributed by atoms with Crippen LogP contribution in [0.5, 0.6) is 0 Å². The number of carbonyl (C=O) groups is 2. The van der Waals surface area contributed by atoms with Crippen LogP contribution in [-0.4, -0.2) is 25.0 Å². The van der Waals surface area contributed by atoms with Crippen molar-refractivity contribution < 1.29 is 9.59 Å². The number of hydrogen-bond donors (Lipinski definition) is 4. The number of hydrogen-bond acceptors (Lipinski definition) is 3. The largest absolute Gasteiger partial charge is 0.341 e. The molecule has 110 valence electrons. The number of anilines is 2. The number of nitrogens with one attached hydrogen (secondary N) is 3. The standard InChI is InChI=1S/C14H22N4O2/c1-14(2,3)11(15)12(19)17-9-5-7-10(8-6-9)18-13(20)16-4/h5-8,11H,15H2,1-4H3,(H,17,19)(H2,16,18,20)/t11-/m1/s1. The molecule has 0 bridgehead atoms. The maximum Gasteiger partial charge on any atom is 0.318 e. The van der Waals surface area contributed by atoms with Gasteiger partial charge in [-0.15, -0.1) is 0 Å². The highest BCUT2D eigenvalue weighted by Crippen LogP contribution is 2.19. The monoisotopic (exact) mass is 278 g/mol. The zero-order valence-corrected chi connectivity index (χ0v) is 12.3. The van der Waals surface area contributed by atoms with E-state index in [2.05, 4.69) is 16.0 Å². The fraction of sp³-hybridized carbons (Fsp3) is 0.429. The Morgan fingerprint density at radius 1 is 1.05 bits per heavy atom. The molecule has 1 aromatic rings. The van der Waals surface area contributed by atoms with E-state index in [-0.39, 0.29) is 17.4 Å². The van der Waals surface area contributed by atoms with Gasteiger partial charge in [0, 0.05) is 18.4 Å². The first-order valence-corrected chi connectivity index (χ1v) is 6.39. The van der Waals surface area contributed by atoms with Gasteiger partial charge in [-0.1, -0.05) is 20.8 Å². The Morgan fingerprint density at radius 2 is 1.50 bits per heavy atom. The summed E-state index contributed by atoms with van der Waals surface area (Å²) in [5, 5.41) is 7.84. The third-order valence-electron chi connectivity index (χ3n) is 2.85. The molecule has 6 heteroatoms. The summed E-state index contributed by atoms with van der Waals surface area (Å²) in [6, 6.07) is 5.93. The molecule has 0 fully saturated rings. The number of amides is 3. The zero-order valence-electron chi connectivity index (χ0n) is 12.3. The molecular weight excluding hydrogens is 256 g/mol. The van der Waals surface area contributed by atoms with Crippen molar-refractivity contribution in [3.05, 3.63) is 24.3 Å². The van der Waals surface area contributed by atoms with Crippen LogP contribution in [0.3, 0.4) is 0 Å². The Morgan fingerprint density at radius 3 is 1.90 bits per heavy atom. The first-order chi connectivity index (χ1) is 9.24. The van der Waals surface area contributed by atoms with Crippen molar-refractivity contribution in [3.63, 3.8) is 0 Å². The molecule has 1 atom stereocenters. The maximum absolute atomic E-state index is 12.0. The molecule has 0 radical (unpaired) electrons. The molecule has 0 saturated heterocycles. The minimum Gasteiger partial charge on any atom is -0.341 e. The Labute approximate surface area is 119 Å². The van der Waals surface area contributed by atoms with Crippen LogP contribution in [0.15, 0.2) is 24.3 Å². The third-order valence-corrected chi connectivity index (χ3v) is 2.85. The third kappa shape index (κ3) is 4.55. The highest BCUT2D eigenvalue weighted by Gasteiger charge is 2.27. The molecule has 0 unspecified atom stereocenters. The van der Waals surface area contributed by atoms with E-state index in [4.69, 9.17) is 5.73 Å². The average molecular weight is 278 g/mol. The molecule has 1 rings (SSSR count). The van der Waals surface area contributed by atoms with Gasteiger partial charge in [-0.05, 0) is 29.7 Å². The van der Waals surface area contributed by atoms with Crippen molar-refractivity contribution in [1.82, 2.24) is 5.32 Å². The van der Waals surface area contributed by atoms with Gasteiger partial charge >= 0.3 is 6.03 Å². The predicted molar refractivity (Wildman–Crippen MR) is 80.6 cm³/mol. The van der Waals surface area contributed by atoms with E-state index in [0.717, 1.165) is 0 Å². The minimum absolute atomic E-state index is 0.232. The molecule has 0 aromatic heterocycles. The lowest BCUT2D eigenvalue weighted by Crippen LogP contribution is -2.45. The van der Waals surface area contributed by atoms with Crippen molar-refractivity contribution in [3.8, 4) is 0 Å². The highest BCUT2D eigenvalue weighted by atomic mass is 16.2. The SMILES string of the molecule is CNC(=O)Nc1ccc(NC(=O)[C@@H](N)C(C)(C)C)cc1. The maximum atomic E-state index is 12.0. The minimum atomic E-state index is -0.592. The molecule has 1 aromatic carbocycles. The lowest BCUT2D eigenvalue weighted by Gasteiger charge is -2.25. The number of rotatable bonds is 3. The van der Waals surface area contributed by atoms with E-state index >= 15 is 0 Å². The number of nitrogens with two attached hydrogens (primary N) is 1. The van der Waals surface area contributed by atoms with Crippen LogP contribution in [0.1, 0.15) is 20.8 Å². The van der Waals surface area contributed by atoms with Gasteiger partial charge in [-0.25, -0.2) is 4.79 Å². The summed E-state index contributed by atoms with van der Waals surface area (Å²) < 4.78 is 0. The predicted octanol–water partition coefficient (Wildman–Crippen LogP) is 1.75. The van der Waals surface area contributed by atoms with Crippen molar-refractivity contribution in [1.29, 1.82) is 0 Å². The van der Waals surface area contributed by atoms with Crippen LogP contribution in [-0.2, 0) is 4.79 Å². The quantitative estimate of drug-likeness (QED) is 0.678. The van der Waals surface area contributed by atoms with Gasteiger partial charge < -0.3 is 21.7 Å². The van der Waals surface area contributed by atoms with Gasteiger partial charge in [0.1, 0.15) is 0 Å². The second kappa shape index (κ2) is 6.38. The van der Waals surface area contributed by atoms with Crippen LogP contribution < -0.4 is 21.7 Å². The summed E-state index contributed by atoms with van der Waals surface area (Å²) in [6.07, 6.45) is 0. The molecule has 0 aliphatic rings. The van der Waals surface area contributed by atoms with Crippen LogP contribution >= 0.6 is 0 Å². The van der Waals surface area contributed by atoms with E-state index in [1.54, 1.807) is 24.3 Å². The molecular formula is C14H22N4O2. The Kier molecular flexibility index (Phi) is 5.10. The highest BCUT2D eigenvalue weighted by molar-refractivity contribution is 5.95. The Bertz CT molecular complexity index is 477. The van der Waals surface area contributed by atoms with Crippen molar-refractivity contribution in [2.45, 2.75) is 26.8 Å². The van der Waals surface area contributed by atoms with Crippen LogP contribution in [0.4, 0.5) is 16.2 Å².